The minimum Gasteiger partial charge on any atom is -0.377 e. The molecule has 1 amide bonds. The zero-order valence-electron chi connectivity index (χ0n) is 16.4. The number of hydrogen-bond acceptors (Lipinski definition) is 4. The summed E-state index contributed by atoms with van der Waals surface area (Å²) >= 11 is 0. The average Bonchev–Trinajstić information content (AvgIpc) is 2.74. The predicted octanol–water partition coefficient (Wildman–Crippen LogP) is 2.98. The topological polar surface area (TPSA) is 64.8 Å². The number of amides is 1. The fourth-order valence-corrected chi connectivity index (χ4v) is 4.24. The number of benzene rings is 2. The number of fused-ring (bicyclic) bond motifs is 1. The van der Waals surface area contributed by atoms with Crippen molar-refractivity contribution in [2.24, 2.45) is 5.73 Å². The normalized spacial score (nSPS) is 28.1. The van der Waals surface area contributed by atoms with E-state index in [1.165, 1.54) is 37.4 Å². The molecule has 30 heavy (non-hydrogen) atoms. The maximum atomic E-state index is 15.0. The molecule has 0 bridgehead atoms. The quantitative estimate of drug-likeness (QED) is 0.829. The van der Waals surface area contributed by atoms with Crippen molar-refractivity contribution in [1.82, 2.24) is 4.90 Å². The Kier molecular flexibility index (Phi) is 5.57. The molecule has 5 nitrogen and oxygen atoms in total. The molecule has 2 aromatic carbocycles. The first kappa shape index (κ1) is 20.8. The summed E-state index contributed by atoms with van der Waals surface area (Å²) in [7, 11) is 1.50. The molecule has 2 aromatic rings. The first-order chi connectivity index (χ1) is 14.3. The van der Waals surface area contributed by atoms with Gasteiger partial charge in [-0.2, -0.15) is 8.78 Å². The molecule has 0 spiro atoms. The molecule has 2 aliphatic heterocycles. The summed E-state index contributed by atoms with van der Waals surface area (Å²) < 4.78 is 54.3. The maximum absolute atomic E-state index is 15.0. The van der Waals surface area contributed by atoms with E-state index < -0.39 is 42.4 Å². The lowest BCUT2D eigenvalue weighted by molar-refractivity contribution is -0.163. The van der Waals surface area contributed by atoms with Crippen molar-refractivity contribution >= 4 is 5.91 Å². The van der Waals surface area contributed by atoms with Gasteiger partial charge in [-0.1, -0.05) is 36.4 Å². The van der Waals surface area contributed by atoms with Crippen molar-refractivity contribution in [2.45, 2.75) is 36.6 Å². The van der Waals surface area contributed by atoms with Gasteiger partial charge in [0, 0.05) is 25.1 Å². The Morgan fingerprint density at radius 2 is 1.90 bits per heavy atom. The van der Waals surface area contributed by atoms with E-state index in [0.717, 1.165) is 4.90 Å². The largest absolute Gasteiger partial charge is 0.377 e. The highest BCUT2D eigenvalue weighted by atomic mass is 19.3. The number of nitrogens with two attached hydrogens (primary N) is 1. The van der Waals surface area contributed by atoms with E-state index in [0.29, 0.717) is 11.1 Å². The highest BCUT2D eigenvalue weighted by molar-refractivity contribution is 5.82. The molecule has 2 aliphatic rings. The van der Waals surface area contributed by atoms with Crippen LogP contribution in [-0.2, 0) is 20.2 Å². The van der Waals surface area contributed by atoms with Crippen molar-refractivity contribution in [3.8, 4) is 0 Å². The molecular weight excluding hydrogens is 397 g/mol. The number of methoxy groups -OCH3 is 1. The Bertz CT molecular complexity index is 922. The lowest BCUT2D eigenvalue weighted by Crippen LogP contribution is -2.55. The van der Waals surface area contributed by atoms with Crippen LogP contribution < -0.4 is 5.73 Å². The zero-order valence-corrected chi connectivity index (χ0v) is 16.4. The fraction of sp³-hybridized carbons (Fsp3) is 0.409. The van der Waals surface area contributed by atoms with Crippen LogP contribution in [0.25, 0.3) is 0 Å². The number of ether oxygens (including phenoxy) is 2. The minimum absolute atomic E-state index is 0.107. The van der Waals surface area contributed by atoms with E-state index in [-0.39, 0.29) is 24.7 Å². The summed E-state index contributed by atoms with van der Waals surface area (Å²) in [5, 5.41) is 0. The summed E-state index contributed by atoms with van der Waals surface area (Å²) in [4.78, 5) is 14.5. The predicted molar refractivity (Wildman–Crippen MR) is 103 cm³/mol. The van der Waals surface area contributed by atoms with Crippen molar-refractivity contribution in [3.63, 3.8) is 0 Å². The molecule has 0 aliphatic carbocycles. The second-order valence-electron chi connectivity index (χ2n) is 7.71. The summed E-state index contributed by atoms with van der Waals surface area (Å²) in [6.45, 7) is -0.691. The maximum Gasteiger partial charge on any atom is 0.290 e. The summed E-state index contributed by atoms with van der Waals surface area (Å²) in [6.07, 6.45) is -1.14. The van der Waals surface area contributed by atoms with Gasteiger partial charge in [-0.05, 0) is 23.3 Å². The Morgan fingerprint density at radius 1 is 1.20 bits per heavy atom. The Labute approximate surface area is 172 Å². The molecule has 0 aromatic heterocycles. The molecule has 1 fully saturated rings. The van der Waals surface area contributed by atoms with Gasteiger partial charge in [0.2, 0.25) is 0 Å². The van der Waals surface area contributed by atoms with Crippen molar-refractivity contribution < 1.29 is 27.4 Å². The molecule has 0 saturated carbocycles. The van der Waals surface area contributed by atoms with Crippen LogP contribution in [0.4, 0.5) is 13.2 Å². The van der Waals surface area contributed by atoms with Crippen LogP contribution >= 0.6 is 0 Å². The number of rotatable bonds is 3. The SMILES string of the molecule is CO[C@H]1CO[C@@H](C(=O)N2CC(F)(F)c3ccccc3[C@@H]2c2ccc(F)cc2)C[C@@H]1N. The molecule has 2 heterocycles. The average molecular weight is 420 g/mol. The van der Waals surface area contributed by atoms with Crippen molar-refractivity contribution in [3.05, 3.63) is 71.0 Å². The molecule has 160 valence electrons. The summed E-state index contributed by atoms with van der Waals surface area (Å²) in [6, 6.07) is 10.4. The van der Waals surface area contributed by atoms with E-state index in [1.54, 1.807) is 18.2 Å². The molecule has 0 unspecified atom stereocenters. The lowest BCUT2D eigenvalue weighted by atomic mass is 9.85. The van der Waals surface area contributed by atoms with Crippen molar-refractivity contribution in [2.75, 3.05) is 20.3 Å². The van der Waals surface area contributed by atoms with Gasteiger partial charge in [0.05, 0.1) is 25.3 Å². The molecule has 1 saturated heterocycles. The van der Waals surface area contributed by atoms with Crippen LogP contribution in [0.2, 0.25) is 0 Å². The van der Waals surface area contributed by atoms with Crippen LogP contribution in [0.1, 0.15) is 29.2 Å². The van der Waals surface area contributed by atoms with Gasteiger partial charge in [-0.25, -0.2) is 4.39 Å². The van der Waals surface area contributed by atoms with Crippen LogP contribution in [0.3, 0.4) is 0 Å². The number of halogens is 3. The molecule has 8 heteroatoms. The van der Waals surface area contributed by atoms with Gasteiger partial charge < -0.3 is 20.1 Å². The number of carbonyl (C=O) groups is 1. The molecule has 4 atom stereocenters. The highest BCUT2D eigenvalue weighted by Gasteiger charge is 2.48. The number of nitrogens with zero attached hydrogens (tertiary/aromatic N) is 1. The third kappa shape index (κ3) is 3.71. The summed E-state index contributed by atoms with van der Waals surface area (Å²) in [5.74, 6) is -4.24. The Hall–Kier alpha value is -2.42. The van der Waals surface area contributed by atoms with Crippen LogP contribution in [0, 0.1) is 5.82 Å². The fourth-order valence-electron chi connectivity index (χ4n) is 4.24. The third-order valence-corrected chi connectivity index (χ3v) is 5.80. The lowest BCUT2D eigenvalue weighted by Gasteiger charge is -2.43. The molecule has 4 rings (SSSR count). The van der Waals surface area contributed by atoms with Crippen LogP contribution in [0.5, 0.6) is 0 Å². The molecular formula is C22H23F3N2O3. The third-order valence-electron chi connectivity index (χ3n) is 5.80. The van der Waals surface area contributed by atoms with Crippen LogP contribution in [-0.4, -0.2) is 49.3 Å². The first-order valence-corrected chi connectivity index (χ1v) is 9.75. The van der Waals surface area contributed by atoms with Crippen molar-refractivity contribution in [1.29, 1.82) is 0 Å². The van der Waals surface area contributed by atoms with Gasteiger partial charge in [-0.15, -0.1) is 0 Å². The first-order valence-electron chi connectivity index (χ1n) is 9.75. The van der Waals surface area contributed by atoms with E-state index in [1.807, 2.05) is 0 Å². The monoisotopic (exact) mass is 420 g/mol. The van der Waals surface area contributed by atoms with Gasteiger partial charge >= 0.3 is 0 Å². The van der Waals surface area contributed by atoms with E-state index in [9.17, 15) is 18.0 Å². The Morgan fingerprint density at radius 3 is 2.57 bits per heavy atom. The smallest absolute Gasteiger partial charge is 0.290 e. The second-order valence-corrected chi connectivity index (χ2v) is 7.71. The van der Waals surface area contributed by atoms with Gasteiger partial charge in [0.25, 0.3) is 11.8 Å². The number of carbonyl (C=O) groups excluding carboxylic acids is 1. The van der Waals surface area contributed by atoms with Gasteiger partial charge in [-0.3, -0.25) is 4.79 Å². The Balaban J connectivity index is 1.73. The van der Waals surface area contributed by atoms with E-state index >= 15 is 0 Å². The standard InChI is InChI=1S/C22H23F3N2O3/c1-29-19-11-30-18(10-17(19)26)21(28)27-12-22(24,25)16-5-3-2-4-15(16)20(27)13-6-8-14(23)9-7-13/h2-9,17-20H,10-12,26H2,1H3/t17-,18+,19-,20-/m0/s1. The molecule has 0 radical (unpaired) electrons. The zero-order chi connectivity index (χ0) is 21.5. The highest BCUT2D eigenvalue weighted by Crippen LogP contribution is 2.45. The number of hydrogen-bond donors (Lipinski definition) is 1. The molecule has 2 N–H and O–H groups in total. The summed E-state index contributed by atoms with van der Waals surface area (Å²) in [5.41, 5.74) is 6.79. The van der Waals surface area contributed by atoms with Gasteiger partial charge in [0.1, 0.15) is 11.9 Å². The second kappa shape index (κ2) is 8.02. The van der Waals surface area contributed by atoms with E-state index in [2.05, 4.69) is 0 Å². The van der Waals surface area contributed by atoms with E-state index in [4.69, 9.17) is 15.2 Å². The van der Waals surface area contributed by atoms with Crippen LogP contribution in [0.15, 0.2) is 48.5 Å². The minimum atomic E-state index is -3.23. The number of alkyl halides is 2. The van der Waals surface area contributed by atoms with Gasteiger partial charge in [0.15, 0.2) is 0 Å².